The third kappa shape index (κ3) is 2.40. The summed E-state index contributed by atoms with van der Waals surface area (Å²) in [6.07, 6.45) is 6.27. The van der Waals surface area contributed by atoms with Crippen molar-refractivity contribution in [2.24, 2.45) is 0 Å². The van der Waals surface area contributed by atoms with Crippen LogP contribution < -0.4 is 4.74 Å². The molecule has 0 amide bonds. The minimum absolute atomic E-state index is 0.0612. The molecule has 1 rings (SSSR count). The number of hydrogen-bond donors (Lipinski definition) is 0. The zero-order valence-corrected chi connectivity index (χ0v) is 7.65. The van der Waals surface area contributed by atoms with Gasteiger partial charge in [-0.15, -0.1) is 0 Å². The average molecular weight is 177 g/mol. The number of rotatable bonds is 3. The first-order valence-electron chi connectivity index (χ1n) is 3.94. The van der Waals surface area contributed by atoms with Crippen molar-refractivity contribution in [3.8, 4) is 5.75 Å². The quantitative estimate of drug-likeness (QED) is 0.522. The van der Waals surface area contributed by atoms with Crippen LogP contribution in [-0.2, 0) is 0 Å². The van der Waals surface area contributed by atoms with E-state index >= 15 is 0 Å². The topological polar surface area (TPSA) is 39.2 Å². The first-order chi connectivity index (χ1) is 6.27. The summed E-state index contributed by atoms with van der Waals surface area (Å²) in [4.78, 5) is 15.2. The van der Waals surface area contributed by atoms with Crippen molar-refractivity contribution >= 4 is 5.78 Å². The van der Waals surface area contributed by atoms with Gasteiger partial charge in [-0.25, -0.2) is 0 Å². The fourth-order valence-corrected chi connectivity index (χ4v) is 0.913. The lowest BCUT2D eigenvalue weighted by atomic mass is 10.2. The van der Waals surface area contributed by atoms with Gasteiger partial charge in [-0.2, -0.15) is 0 Å². The van der Waals surface area contributed by atoms with Gasteiger partial charge >= 0.3 is 0 Å². The maximum atomic E-state index is 11.3. The van der Waals surface area contributed by atoms with Crippen molar-refractivity contribution in [2.45, 2.75) is 6.92 Å². The molecule has 3 nitrogen and oxygen atoms in total. The molecule has 3 heteroatoms. The molecule has 1 aromatic rings. The Kier molecular flexibility index (Phi) is 3.20. The lowest BCUT2D eigenvalue weighted by Crippen LogP contribution is -1.96. The Labute approximate surface area is 77.1 Å². The van der Waals surface area contributed by atoms with E-state index in [1.165, 1.54) is 12.3 Å². The van der Waals surface area contributed by atoms with Gasteiger partial charge in [-0.1, -0.05) is 6.08 Å². The summed E-state index contributed by atoms with van der Waals surface area (Å²) in [6.45, 7) is 1.80. The maximum Gasteiger partial charge on any atom is 0.187 e. The fraction of sp³-hybridized carbons (Fsp3) is 0.200. The third-order valence-corrected chi connectivity index (χ3v) is 1.55. The summed E-state index contributed by atoms with van der Waals surface area (Å²) in [5.74, 6) is 0.532. The molecule has 68 valence electrons. The Bertz CT molecular complexity index is 331. The van der Waals surface area contributed by atoms with E-state index in [2.05, 4.69) is 4.98 Å². The molecule has 0 spiro atoms. The molecule has 1 heterocycles. The van der Waals surface area contributed by atoms with Crippen molar-refractivity contribution in [3.05, 3.63) is 36.2 Å². The summed E-state index contributed by atoms with van der Waals surface area (Å²) in [5, 5.41) is 0. The van der Waals surface area contributed by atoms with Gasteiger partial charge in [0.1, 0.15) is 5.75 Å². The predicted molar refractivity (Wildman–Crippen MR) is 49.9 cm³/mol. The van der Waals surface area contributed by atoms with Gasteiger partial charge in [-0.3, -0.25) is 9.78 Å². The minimum atomic E-state index is -0.0612. The molecule has 1 aromatic heterocycles. The predicted octanol–water partition coefficient (Wildman–Crippen LogP) is 1.85. The van der Waals surface area contributed by atoms with Gasteiger partial charge in [0.05, 0.1) is 13.3 Å². The normalized spacial score (nSPS) is 10.3. The molecule has 0 atom stereocenters. The van der Waals surface area contributed by atoms with Crippen molar-refractivity contribution in [1.29, 1.82) is 0 Å². The monoisotopic (exact) mass is 177 g/mol. The highest BCUT2D eigenvalue weighted by Crippen LogP contribution is 2.10. The number of ketones is 1. The van der Waals surface area contributed by atoms with Gasteiger partial charge in [0.2, 0.25) is 0 Å². The molecule has 0 aliphatic carbocycles. The molecule has 0 aromatic carbocycles. The first-order valence-corrected chi connectivity index (χ1v) is 3.94. The van der Waals surface area contributed by atoms with Crippen LogP contribution in [0.3, 0.4) is 0 Å². The molecule has 0 aliphatic rings. The van der Waals surface area contributed by atoms with Crippen LogP contribution in [0.15, 0.2) is 30.6 Å². The van der Waals surface area contributed by atoms with E-state index in [-0.39, 0.29) is 5.78 Å². The second-order valence-corrected chi connectivity index (χ2v) is 2.48. The summed E-state index contributed by atoms with van der Waals surface area (Å²) >= 11 is 0. The van der Waals surface area contributed by atoms with Crippen LogP contribution in [0.1, 0.15) is 17.3 Å². The second-order valence-electron chi connectivity index (χ2n) is 2.48. The van der Waals surface area contributed by atoms with E-state index in [4.69, 9.17) is 4.74 Å². The van der Waals surface area contributed by atoms with Gasteiger partial charge in [0.25, 0.3) is 0 Å². The SMILES string of the molecule is C/C=C/C(=O)c1cncc(OC)c1. The molecule has 0 unspecified atom stereocenters. The van der Waals surface area contributed by atoms with Crippen molar-refractivity contribution in [2.75, 3.05) is 7.11 Å². The number of allylic oxidation sites excluding steroid dienone is 2. The summed E-state index contributed by atoms with van der Waals surface area (Å²) in [6, 6.07) is 1.66. The van der Waals surface area contributed by atoms with Gasteiger partial charge in [0.15, 0.2) is 5.78 Å². The van der Waals surface area contributed by atoms with Crippen LogP contribution in [0.4, 0.5) is 0 Å². The number of aromatic nitrogens is 1. The smallest absolute Gasteiger partial charge is 0.187 e. The zero-order valence-electron chi connectivity index (χ0n) is 7.65. The zero-order chi connectivity index (χ0) is 9.68. The molecular weight excluding hydrogens is 166 g/mol. The molecule has 0 N–H and O–H groups in total. The molecule has 0 aliphatic heterocycles. The summed E-state index contributed by atoms with van der Waals surface area (Å²) in [5.41, 5.74) is 0.539. The number of carbonyl (C=O) groups excluding carboxylic acids is 1. The van der Waals surface area contributed by atoms with E-state index in [9.17, 15) is 4.79 Å². The van der Waals surface area contributed by atoms with Crippen LogP contribution in [0.2, 0.25) is 0 Å². The highest BCUT2D eigenvalue weighted by Gasteiger charge is 2.02. The van der Waals surface area contributed by atoms with Gasteiger partial charge in [-0.05, 0) is 19.1 Å². The number of nitrogens with zero attached hydrogens (tertiary/aromatic N) is 1. The van der Waals surface area contributed by atoms with E-state index in [1.54, 1.807) is 32.4 Å². The largest absolute Gasteiger partial charge is 0.495 e. The number of pyridine rings is 1. The summed E-state index contributed by atoms with van der Waals surface area (Å²) in [7, 11) is 1.54. The lowest BCUT2D eigenvalue weighted by molar-refractivity contribution is 0.104. The number of hydrogen-bond acceptors (Lipinski definition) is 3. The van der Waals surface area contributed by atoms with Gasteiger partial charge < -0.3 is 4.74 Å². The number of methoxy groups -OCH3 is 1. The molecule has 0 saturated heterocycles. The van der Waals surface area contributed by atoms with E-state index in [1.807, 2.05) is 0 Å². The van der Waals surface area contributed by atoms with Crippen molar-refractivity contribution in [3.63, 3.8) is 0 Å². The molecule has 0 fully saturated rings. The average Bonchev–Trinajstić information content (AvgIpc) is 2.18. The number of ether oxygens (including phenoxy) is 1. The third-order valence-electron chi connectivity index (χ3n) is 1.55. The Morgan fingerprint density at radius 2 is 2.31 bits per heavy atom. The molecular formula is C10H11NO2. The van der Waals surface area contributed by atoms with Crippen molar-refractivity contribution in [1.82, 2.24) is 4.98 Å². The van der Waals surface area contributed by atoms with E-state index in [0.29, 0.717) is 11.3 Å². The minimum Gasteiger partial charge on any atom is -0.495 e. The first kappa shape index (κ1) is 9.45. The van der Waals surface area contributed by atoms with Crippen molar-refractivity contribution < 1.29 is 9.53 Å². The molecule has 13 heavy (non-hydrogen) atoms. The number of carbonyl (C=O) groups is 1. The second kappa shape index (κ2) is 4.40. The Hall–Kier alpha value is -1.64. The van der Waals surface area contributed by atoms with Crippen LogP contribution in [0, 0.1) is 0 Å². The fourth-order valence-electron chi connectivity index (χ4n) is 0.913. The maximum absolute atomic E-state index is 11.3. The van der Waals surface area contributed by atoms with Crippen LogP contribution in [-0.4, -0.2) is 17.9 Å². The standard InChI is InChI=1S/C10H11NO2/c1-3-4-10(12)8-5-9(13-2)7-11-6-8/h3-7H,1-2H3/b4-3+. The Balaban J connectivity index is 2.94. The van der Waals surface area contributed by atoms with E-state index < -0.39 is 0 Å². The lowest BCUT2D eigenvalue weighted by Gasteiger charge is -1.99. The highest BCUT2D eigenvalue weighted by molar-refractivity contribution is 6.04. The van der Waals surface area contributed by atoms with E-state index in [0.717, 1.165) is 0 Å². The molecule has 0 radical (unpaired) electrons. The van der Waals surface area contributed by atoms with Crippen LogP contribution in [0.25, 0.3) is 0 Å². The van der Waals surface area contributed by atoms with Crippen LogP contribution >= 0.6 is 0 Å². The Morgan fingerprint density at radius 1 is 1.54 bits per heavy atom. The van der Waals surface area contributed by atoms with Gasteiger partial charge in [0, 0.05) is 11.8 Å². The summed E-state index contributed by atoms with van der Waals surface area (Å²) < 4.78 is 4.94. The Morgan fingerprint density at radius 3 is 2.92 bits per heavy atom. The van der Waals surface area contributed by atoms with Crippen LogP contribution in [0.5, 0.6) is 5.75 Å². The molecule has 0 bridgehead atoms. The molecule has 0 saturated carbocycles. The highest BCUT2D eigenvalue weighted by atomic mass is 16.5.